The molecule has 0 spiro atoms. The fourth-order valence-electron chi connectivity index (χ4n) is 0.790. The minimum atomic E-state index is -0.149. The number of esters is 1. The summed E-state index contributed by atoms with van der Waals surface area (Å²) in [6.45, 7) is 0.279. The third-order valence-corrected chi connectivity index (χ3v) is 2.18. The Morgan fingerprint density at radius 3 is 2.77 bits per heavy atom. The maximum absolute atomic E-state index is 11.0. The molecule has 0 aromatic rings. The number of unbranched alkanes of at least 4 members (excludes halogenated alkanes) is 2. The third-order valence-electron chi connectivity index (χ3n) is 1.44. The van der Waals surface area contributed by atoms with E-state index in [-0.39, 0.29) is 12.6 Å². The zero-order valence-corrected chi connectivity index (χ0v) is 9.81. The summed E-state index contributed by atoms with van der Waals surface area (Å²) in [6, 6.07) is 0. The lowest BCUT2D eigenvalue weighted by Gasteiger charge is -2.00. The summed E-state index contributed by atoms with van der Waals surface area (Å²) in [6.07, 6.45) is 5.16. The number of ether oxygens (including phenoxy) is 1. The molecule has 0 fully saturated rings. The first-order chi connectivity index (χ1) is 6.31. The fraction of sp³-hybridized carbons (Fsp3) is 0.667. The number of carbonyl (C=O) groups excluding carboxylic acids is 1. The number of alkyl halides is 1. The van der Waals surface area contributed by atoms with Crippen LogP contribution >= 0.6 is 27.5 Å². The Kier molecular flexibility index (Phi) is 10.0. The van der Waals surface area contributed by atoms with E-state index in [1.807, 2.05) is 0 Å². The standard InChI is InChI=1S/C9H14BrClO2/c10-6-3-1-2-5-9(12)13-8-4-7-11/h4,7H,1-3,5-6,8H2/b7-4+. The molecule has 0 unspecified atom stereocenters. The predicted octanol–water partition coefficient (Wildman–Crippen LogP) is 3.24. The largest absolute Gasteiger partial charge is 0.461 e. The molecule has 0 amide bonds. The molecule has 0 rings (SSSR count). The number of rotatable bonds is 7. The third kappa shape index (κ3) is 9.90. The quantitative estimate of drug-likeness (QED) is 0.403. The van der Waals surface area contributed by atoms with Gasteiger partial charge in [0.2, 0.25) is 0 Å². The first-order valence-corrected chi connectivity index (χ1v) is 5.84. The van der Waals surface area contributed by atoms with Gasteiger partial charge in [-0.05, 0) is 18.9 Å². The van der Waals surface area contributed by atoms with Gasteiger partial charge >= 0.3 is 5.97 Å². The lowest BCUT2D eigenvalue weighted by molar-refractivity contribution is -0.142. The van der Waals surface area contributed by atoms with Gasteiger partial charge < -0.3 is 4.74 Å². The summed E-state index contributed by atoms with van der Waals surface area (Å²) in [5, 5.41) is 0.997. The molecule has 0 N–H and O–H groups in total. The Bertz CT molecular complexity index is 160. The van der Waals surface area contributed by atoms with Crippen LogP contribution in [0.15, 0.2) is 11.6 Å². The van der Waals surface area contributed by atoms with Crippen LogP contribution in [-0.2, 0) is 9.53 Å². The van der Waals surface area contributed by atoms with Crippen molar-refractivity contribution in [2.45, 2.75) is 25.7 Å². The second-order valence-corrected chi connectivity index (χ2v) is 3.59. The molecule has 0 saturated carbocycles. The van der Waals surface area contributed by atoms with Crippen LogP contribution in [-0.4, -0.2) is 17.9 Å². The highest BCUT2D eigenvalue weighted by molar-refractivity contribution is 9.09. The van der Waals surface area contributed by atoms with Gasteiger partial charge in [0.25, 0.3) is 0 Å². The predicted molar refractivity (Wildman–Crippen MR) is 58.2 cm³/mol. The van der Waals surface area contributed by atoms with E-state index in [1.165, 1.54) is 5.54 Å². The highest BCUT2D eigenvalue weighted by Gasteiger charge is 2.00. The first kappa shape index (κ1) is 13.0. The van der Waals surface area contributed by atoms with Gasteiger partial charge in [-0.15, -0.1) is 0 Å². The Morgan fingerprint density at radius 2 is 2.15 bits per heavy atom. The van der Waals surface area contributed by atoms with E-state index in [9.17, 15) is 4.79 Å². The lowest BCUT2D eigenvalue weighted by Crippen LogP contribution is -2.03. The zero-order valence-electron chi connectivity index (χ0n) is 7.47. The van der Waals surface area contributed by atoms with Gasteiger partial charge in [-0.1, -0.05) is 34.0 Å². The van der Waals surface area contributed by atoms with E-state index in [4.69, 9.17) is 16.3 Å². The Hall–Kier alpha value is -0.0200. The second-order valence-electron chi connectivity index (χ2n) is 2.54. The summed E-state index contributed by atoms with van der Waals surface area (Å²) in [7, 11) is 0. The van der Waals surface area contributed by atoms with Gasteiger partial charge in [0.15, 0.2) is 0 Å². The van der Waals surface area contributed by atoms with Crippen LogP contribution < -0.4 is 0 Å². The highest BCUT2D eigenvalue weighted by atomic mass is 79.9. The van der Waals surface area contributed by atoms with Crippen LogP contribution in [0, 0.1) is 0 Å². The molecule has 0 aliphatic carbocycles. The lowest BCUT2D eigenvalue weighted by atomic mass is 10.2. The molecule has 4 heteroatoms. The van der Waals surface area contributed by atoms with E-state index >= 15 is 0 Å². The van der Waals surface area contributed by atoms with Crippen LogP contribution in [0.5, 0.6) is 0 Å². The minimum absolute atomic E-state index is 0.149. The van der Waals surface area contributed by atoms with Crippen LogP contribution in [0.25, 0.3) is 0 Å². The van der Waals surface area contributed by atoms with Crippen molar-refractivity contribution < 1.29 is 9.53 Å². The average molecular weight is 270 g/mol. The molecule has 0 aliphatic heterocycles. The van der Waals surface area contributed by atoms with Crippen molar-refractivity contribution >= 4 is 33.5 Å². The van der Waals surface area contributed by atoms with Crippen molar-refractivity contribution in [3.63, 3.8) is 0 Å². The molecule has 76 valence electrons. The van der Waals surface area contributed by atoms with Crippen molar-refractivity contribution in [2.75, 3.05) is 11.9 Å². The zero-order chi connectivity index (χ0) is 9.94. The molecule has 0 saturated heterocycles. The van der Waals surface area contributed by atoms with E-state index in [2.05, 4.69) is 15.9 Å². The van der Waals surface area contributed by atoms with Gasteiger partial charge in [-0.3, -0.25) is 4.79 Å². The number of halogens is 2. The molecule has 0 heterocycles. The van der Waals surface area contributed by atoms with Crippen molar-refractivity contribution in [2.24, 2.45) is 0 Å². The highest BCUT2D eigenvalue weighted by Crippen LogP contribution is 2.03. The van der Waals surface area contributed by atoms with Gasteiger partial charge in [0, 0.05) is 17.3 Å². The molecular weight excluding hydrogens is 255 g/mol. The minimum Gasteiger partial charge on any atom is -0.461 e. The van der Waals surface area contributed by atoms with E-state index < -0.39 is 0 Å². The van der Waals surface area contributed by atoms with Crippen molar-refractivity contribution in [3.8, 4) is 0 Å². The topological polar surface area (TPSA) is 26.3 Å². The summed E-state index contributed by atoms with van der Waals surface area (Å²) < 4.78 is 4.84. The van der Waals surface area contributed by atoms with Crippen LogP contribution in [0.2, 0.25) is 0 Å². The maximum atomic E-state index is 11.0. The second kappa shape index (κ2) is 10.1. The molecule has 0 aliphatic rings. The molecular formula is C9H14BrClO2. The van der Waals surface area contributed by atoms with Crippen LogP contribution in [0.4, 0.5) is 0 Å². The number of hydrogen-bond acceptors (Lipinski definition) is 2. The van der Waals surface area contributed by atoms with Gasteiger partial charge in [-0.2, -0.15) is 0 Å². The smallest absolute Gasteiger partial charge is 0.306 e. The van der Waals surface area contributed by atoms with Gasteiger partial charge in [0.05, 0.1) is 0 Å². The number of carbonyl (C=O) groups is 1. The molecule has 13 heavy (non-hydrogen) atoms. The first-order valence-electron chi connectivity index (χ1n) is 4.28. The molecule has 0 radical (unpaired) electrons. The summed E-state index contributed by atoms with van der Waals surface area (Å²) >= 11 is 8.58. The van der Waals surface area contributed by atoms with E-state index in [1.54, 1.807) is 6.08 Å². The SMILES string of the molecule is O=C(CCCCCBr)OC/C=C/Cl. The molecule has 2 nitrogen and oxygen atoms in total. The summed E-state index contributed by atoms with van der Waals surface area (Å²) in [4.78, 5) is 11.0. The molecule has 0 aromatic carbocycles. The Balaban J connectivity index is 3.20. The van der Waals surface area contributed by atoms with E-state index in [0.717, 1.165) is 24.6 Å². The van der Waals surface area contributed by atoms with Gasteiger partial charge in [0.1, 0.15) is 6.61 Å². The summed E-state index contributed by atoms with van der Waals surface area (Å²) in [5.41, 5.74) is 1.35. The molecule has 0 bridgehead atoms. The van der Waals surface area contributed by atoms with Crippen molar-refractivity contribution in [1.82, 2.24) is 0 Å². The Labute approximate surface area is 92.4 Å². The monoisotopic (exact) mass is 268 g/mol. The summed E-state index contributed by atoms with van der Waals surface area (Å²) in [5.74, 6) is -0.149. The normalized spacial score (nSPS) is 10.6. The van der Waals surface area contributed by atoms with Crippen molar-refractivity contribution in [3.05, 3.63) is 11.6 Å². The van der Waals surface area contributed by atoms with Crippen LogP contribution in [0.1, 0.15) is 25.7 Å². The Morgan fingerprint density at radius 1 is 1.38 bits per heavy atom. The van der Waals surface area contributed by atoms with Crippen molar-refractivity contribution in [1.29, 1.82) is 0 Å². The number of hydrogen-bond donors (Lipinski definition) is 0. The maximum Gasteiger partial charge on any atom is 0.306 e. The molecule has 0 atom stereocenters. The molecule has 0 aromatic heterocycles. The van der Waals surface area contributed by atoms with Crippen LogP contribution in [0.3, 0.4) is 0 Å². The van der Waals surface area contributed by atoms with Gasteiger partial charge in [-0.25, -0.2) is 0 Å². The van der Waals surface area contributed by atoms with E-state index in [0.29, 0.717) is 6.42 Å². The fourth-order valence-corrected chi connectivity index (χ4v) is 1.26. The average Bonchev–Trinajstić information content (AvgIpc) is 2.13.